The van der Waals surface area contributed by atoms with E-state index in [1.165, 1.54) is 12.0 Å². The number of ether oxygens (including phenoxy) is 1. The van der Waals surface area contributed by atoms with Crippen LogP contribution in [-0.2, 0) is 4.74 Å². The minimum atomic E-state index is 0.255. The van der Waals surface area contributed by atoms with Gasteiger partial charge in [0.1, 0.15) is 0 Å². The van der Waals surface area contributed by atoms with E-state index in [-0.39, 0.29) is 5.41 Å². The fourth-order valence-electron chi connectivity index (χ4n) is 3.78. The molecule has 19 heavy (non-hydrogen) atoms. The average Bonchev–Trinajstić information content (AvgIpc) is 2.83. The van der Waals surface area contributed by atoms with E-state index in [4.69, 9.17) is 4.74 Å². The Hall–Kier alpha value is -0.380. The highest BCUT2D eigenvalue weighted by Crippen LogP contribution is 2.52. The quantitative estimate of drug-likeness (QED) is 0.910. The molecule has 1 aromatic carbocycles. The molecular weight excluding hydrogens is 302 g/mol. The molecule has 2 aliphatic rings. The van der Waals surface area contributed by atoms with Crippen LogP contribution in [0.25, 0.3) is 0 Å². The Morgan fingerprint density at radius 2 is 2.00 bits per heavy atom. The summed E-state index contributed by atoms with van der Waals surface area (Å²) in [7, 11) is 0. The van der Waals surface area contributed by atoms with Crippen LogP contribution < -0.4 is 5.32 Å². The fourth-order valence-corrected chi connectivity index (χ4v) is 4.04. The molecule has 0 amide bonds. The van der Waals surface area contributed by atoms with Crippen molar-refractivity contribution in [2.24, 2.45) is 11.3 Å². The zero-order chi connectivity index (χ0) is 13.6. The molecule has 1 saturated heterocycles. The Labute approximate surface area is 124 Å². The molecule has 0 aromatic heterocycles. The molecule has 3 heteroatoms. The number of nitrogens with one attached hydrogen (secondary N) is 1. The first-order valence-electron chi connectivity index (χ1n) is 7.13. The van der Waals surface area contributed by atoms with Crippen molar-refractivity contribution in [1.82, 2.24) is 5.32 Å². The predicted octanol–water partition coefficient (Wildman–Crippen LogP) is 3.91. The lowest BCUT2D eigenvalue weighted by molar-refractivity contribution is -0.115. The summed E-state index contributed by atoms with van der Waals surface area (Å²) in [4.78, 5) is 0. The van der Waals surface area contributed by atoms with E-state index in [1.54, 1.807) is 0 Å². The van der Waals surface area contributed by atoms with Gasteiger partial charge in [0.05, 0.1) is 6.10 Å². The monoisotopic (exact) mass is 323 g/mol. The van der Waals surface area contributed by atoms with Gasteiger partial charge in [0.2, 0.25) is 0 Å². The zero-order valence-electron chi connectivity index (χ0n) is 11.8. The maximum Gasteiger partial charge on any atom is 0.0685 e. The lowest BCUT2D eigenvalue weighted by atomic mass is 9.57. The highest BCUT2D eigenvalue weighted by atomic mass is 79.9. The molecule has 1 aliphatic heterocycles. The van der Waals surface area contributed by atoms with Gasteiger partial charge in [0.25, 0.3) is 0 Å². The molecule has 1 N–H and O–H groups in total. The van der Waals surface area contributed by atoms with Crippen LogP contribution >= 0.6 is 15.9 Å². The summed E-state index contributed by atoms with van der Waals surface area (Å²) in [5.74, 6) is 0.702. The van der Waals surface area contributed by atoms with Crippen molar-refractivity contribution in [2.45, 2.75) is 45.4 Å². The van der Waals surface area contributed by atoms with Crippen molar-refractivity contribution >= 4 is 15.9 Å². The average molecular weight is 324 g/mol. The number of fused-ring (bicyclic) bond motifs is 1. The van der Waals surface area contributed by atoms with Crippen LogP contribution in [0.3, 0.4) is 0 Å². The summed E-state index contributed by atoms with van der Waals surface area (Å²) in [6.45, 7) is 7.84. The van der Waals surface area contributed by atoms with Crippen molar-refractivity contribution in [3.05, 3.63) is 34.3 Å². The molecule has 0 radical (unpaired) electrons. The van der Waals surface area contributed by atoms with Crippen molar-refractivity contribution in [2.75, 3.05) is 6.61 Å². The summed E-state index contributed by atoms with van der Waals surface area (Å²) in [6.07, 6.45) is 1.67. The van der Waals surface area contributed by atoms with Gasteiger partial charge in [-0.3, -0.25) is 0 Å². The van der Waals surface area contributed by atoms with Gasteiger partial charge in [0.15, 0.2) is 0 Å². The largest absolute Gasteiger partial charge is 0.377 e. The first-order valence-corrected chi connectivity index (χ1v) is 7.92. The molecule has 3 unspecified atom stereocenters. The second-order valence-electron chi connectivity index (χ2n) is 6.48. The molecule has 1 saturated carbocycles. The minimum Gasteiger partial charge on any atom is -0.377 e. The van der Waals surface area contributed by atoms with Crippen molar-refractivity contribution in [3.8, 4) is 0 Å². The van der Waals surface area contributed by atoms with E-state index < -0.39 is 0 Å². The van der Waals surface area contributed by atoms with E-state index in [9.17, 15) is 0 Å². The number of hydrogen-bond acceptors (Lipinski definition) is 2. The fraction of sp³-hybridized carbons (Fsp3) is 0.625. The summed E-state index contributed by atoms with van der Waals surface area (Å²) in [5, 5.41) is 3.82. The highest BCUT2D eigenvalue weighted by Gasteiger charge is 2.59. The van der Waals surface area contributed by atoms with Gasteiger partial charge in [-0.2, -0.15) is 0 Å². The SMILES string of the molecule is C[C@@H](NC1C2CCOC2C1(C)C)c1ccc(Br)cc1. The number of hydrogen-bond donors (Lipinski definition) is 1. The van der Waals surface area contributed by atoms with Crippen LogP contribution in [0, 0.1) is 11.3 Å². The summed E-state index contributed by atoms with van der Waals surface area (Å²) >= 11 is 3.49. The molecule has 4 atom stereocenters. The molecule has 2 nitrogen and oxygen atoms in total. The second-order valence-corrected chi connectivity index (χ2v) is 7.40. The Bertz CT molecular complexity index is 456. The Morgan fingerprint density at radius 1 is 1.32 bits per heavy atom. The van der Waals surface area contributed by atoms with Crippen LogP contribution in [-0.4, -0.2) is 18.8 Å². The van der Waals surface area contributed by atoms with Gasteiger partial charge in [0, 0.05) is 34.5 Å². The van der Waals surface area contributed by atoms with Gasteiger partial charge in [-0.25, -0.2) is 0 Å². The minimum absolute atomic E-state index is 0.255. The van der Waals surface area contributed by atoms with E-state index >= 15 is 0 Å². The summed E-state index contributed by atoms with van der Waals surface area (Å²) in [5.41, 5.74) is 1.60. The molecule has 1 heterocycles. The third-order valence-corrected chi connectivity index (χ3v) is 5.43. The van der Waals surface area contributed by atoms with E-state index in [0.29, 0.717) is 24.1 Å². The van der Waals surface area contributed by atoms with Crippen LogP contribution in [0.15, 0.2) is 28.7 Å². The third-order valence-electron chi connectivity index (χ3n) is 4.90. The van der Waals surface area contributed by atoms with Gasteiger partial charge in [-0.15, -0.1) is 0 Å². The first kappa shape index (κ1) is 13.6. The van der Waals surface area contributed by atoms with Crippen molar-refractivity contribution in [1.29, 1.82) is 0 Å². The molecule has 1 aromatic rings. The molecule has 2 fully saturated rings. The predicted molar refractivity (Wildman–Crippen MR) is 81.1 cm³/mol. The maximum atomic E-state index is 5.85. The van der Waals surface area contributed by atoms with Gasteiger partial charge in [-0.1, -0.05) is 41.9 Å². The zero-order valence-corrected chi connectivity index (χ0v) is 13.4. The smallest absolute Gasteiger partial charge is 0.0685 e. The molecule has 0 bridgehead atoms. The van der Waals surface area contributed by atoms with Crippen LogP contribution in [0.5, 0.6) is 0 Å². The van der Waals surface area contributed by atoms with E-state index in [1.807, 2.05) is 0 Å². The molecule has 0 spiro atoms. The van der Waals surface area contributed by atoms with E-state index in [2.05, 4.69) is 66.3 Å². The Balaban J connectivity index is 1.69. The van der Waals surface area contributed by atoms with E-state index in [0.717, 1.165) is 11.1 Å². The molecular formula is C16H22BrNO. The summed E-state index contributed by atoms with van der Waals surface area (Å²) in [6, 6.07) is 9.56. The lowest BCUT2D eigenvalue weighted by Gasteiger charge is -2.55. The first-order chi connectivity index (χ1) is 9.00. The topological polar surface area (TPSA) is 21.3 Å². The van der Waals surface area contributed by atoms with Crippen LogP contribution in [0.4, 0.5) is 0 Å². The van der Waals surface area contributed by atoms with Gasteiger partial charge >= 0.3 is 0 Å². The molecule has 1 aliphatic carbocycles. The number of benzene rings is 1. The van der Waals surface area contributed by atoms with Crippen molar-refractivity contribution < 1.29 is 4.74 Å². The summed E-state index contributed by atoms with van der Waals surface area (Å²) < 4.78 is 6.99. The number of rotatable bonds is 3. The second kappa shape index (κ2) is 4.87. The van der Waals surface area contributed by atoms with Crippen molar-refractivity contribution in [3.63, 3.8) is 0 Å². The molecule has 104 valence electrons. The lowest BCUT2D eigenvalue weighted by Crippen LogP contribution is -2.66. The third kappa shape index (κ3) is 2.26. The van der Waals surface area contributed by atoms with Crippen LogP contribution in [0.1, 0.15) is 38.8 Å². The van der Waals surface area contributed by atoms with Crippen LogP contribution in [0.2, 0.25) is 0 Å². The normalized spacial score (nSPS) is 33.6. The van der Waals surface area contributed by atoms with Gasteiger partial charge < -0.3 is 10.1 Å². The highest BCUT2D eigenvalue weighted by molar-refractivity contribution is 9.10. The maximum absolute atomic E-state index is 5.85. The Morgan fingerprint density at radius 3 is 2.68 bits per heavy atom. The molecule has 3 rings (SSSR count). The Kier molecular flexibility index (Phi) is 3.48. The van der Waals surface area contributed by atoms with Gasteiger partial charge in [-0.05, 0) is 31.0 Å². The number of halogens is 1. The standard InChI is InChI=1S/C16H22BrNO/c1-10(11-4-6-12(17)7-5-11)18-14-13-8-9-19-15(13)16(14,2)3/h4-7,10,13-15,18H,8-9H2,1-3H3/t10-,13?,14?,15?/m1/s1.